The fourth-order valence-electron chi connectivity index (χ4n) is 1.19. The second-order valence-corrected chi connectivity index (χ2v) is 5.11. The van der Waals surface area contributed by atoms with Gasteiger partial charge in [0.25, 0.3) is 0 Å². The minimum atomic E-state index is -3.63. The minimum absolute atomic E-state index is 0.0431. The van der Waals surface area contributed by atoms with Gasteiger partial charge in [-0.1, -0.05) is 18.2 Å². The maximum absolute atomic E-state index is 11.6. The lowest BCUT2D eigenvalue weighted by Gasteiger charge is -2.05. The summed E-state index contributed by atoms with van der Waals surface area (Å²) < 4.78 is 25.4. The highest BCUT2D eigenvalue weighted by Gasteiger charge is 2.11. The molecule has 0 aromatic heterocycles. The highest BCUT2D eigenvalue weighted by Crippen LogP contribution is 2.11. The van der Waals surface area contributed by atoms with Crippen LogP contribution in [-0.2, 0) is 14.8 Å². The summed E-state index contributed by atoms with van der Waals surface area (Å²) in [5, 5.41) is 18.7. The van der Waals surface area contributed by atoms with Gasteiger partial charge in [0.2, 0.25) is 10.0 Å². The average molecular weight is 270 g/mol. The van der Waals surface area contributed by atoms with Gasteiger partial charge >= 0.3 is 0 Å². The van der Waals surface area contributed by atoms with E-state index in [4.69, 9.17) is 5.11 Å². The van der Waals surface area contributed by atoms with E-state index in [9.17, 15) is 18.3 Å². The lowest BCUT2D eigenvalue weighted by Crippen LogP contribution is -2.26. The van der Waals surface area contributed by atoms with Crippen molar-refractivity contribution in [1.29, 1.82) is 0 Å². The predicted octanol–water partition coefficient (Wildman–Crippen LogP) is -1.28. The van der Waals surface area contributed by atoms with Crippen molar-refractivity contribution in [3.8, 4) is 0 Å². The van der Waals surface area contributed by atoms with Crippen LogP contribution in [0.25, 0.3) is 6.08 Å². The van der Waals surface area contributed by atoms with Crippen molar-refractivity contribution in [3.63, 3.8) is 0 Å². The summed E-state index contributed by atoms with van der Waals surface area (Å²) >= 11 is 0. The van der Waals surface area contributed by atoms with E-state index < -0.39 is 16.0 Å². The number of aliphatic carboxylic acids is 1. The number of sulfonamides is 1. The van der Waals surface area contributed by atoms with Gasteiger partial charge in [0.1, 0.15) is 0 Å². The lowest BCUT2D eigenvalue weighted by molar-refractivity contribution is -0.297. The first-order valence-corrected chi connectivity index (χ1v) is 6.53. The number of carboxylic acid groups (broad SMARTS) is 1. The molecule has 98 valence electrons. The molecule has 2 N–H and O–H groups in total. The molecule has 0 amide bonds. The number of hydrogen-bond acceptors (Lipinski definition) is 5. The van der Waals surface area contributed by atoms with Crippen LogP contribution in [0.15, 0.2) is 35.2 Å². The highest BCUT2D eigenvalue weighted by molar-refractivity contribution is 7.89. The second kappa shape index (κ2) is 6.29. The number of rotatable bonds is 6. The van der Waals surface area contributed by atoms with Crippen molar-refractivity contribution in [1.82, 2.24) is 4.72 Å². The van der Waals surface area contributed by atoms with Gasteiger partial charge in [-0.2, -0.15) is 0 Å². The Morgan fingerprint density at radius 1 is 1.33 bits per heavy atom. The Hall–Kier alpha value is -1.70. The smallest absolute Gasteiger partial charge is 0.240 e. The second-order valence-electron chi connectivity index (χ2n) is 3.34. The number of hydrogen-bond donors (Lipinski definition) is 2. The fourth-order valence-corrected chi connectivity index (χ4v) is 2.21. The Morgan fingerprint density at radius 3 is 2.44 bits per heavy atom. The van der Waals surface area contributed by atoms with E-state index in [2.05, 4.69) is 4.72 Å². The van der Waals surface area contributed by atoms with E-state index in [0.717, 1.165) is 6.08 Å². The summed E-state index contributed by atoms with van der Waals surface area (Å²) in [4.78, 5) is 10.2. The quantitative estimate of drug-likeness (QED) is 0.626. The van der Waals surface area contributed by atoms with E-state index in [0.29, 0.717) is 5.56 Å². The molecule has 0 spiro atoms. The van der Waals surface area contributed by atoms with Gasteiger partial charge in [-0.25, -0.2) is 13.1 Å². The molecule has 7 heteroatoms. The monoisotopic (exact) mass is 270 g/mol. The Morgan fingerprint density at radius 2 is 1.94 bits per heavy atom. The first-order chi connectivity index (χ1) is 8.45. The zero-order chi connectivity index (χ0) is 13.6. The van der Waals surface area contributed by atoms with Crippen molar-refractivity contribution in [2.75, 3.05) is 13.2 Å². The maximum Gasteiger partial charge on any atom is 0.240 e. The Bertz CT molecular complexity index is 533. The molecule has 0 unspecified atom stereocenters. The molecular formula is C11H12NO5S-. The molecule has 0 bridgehead atoms. The predicted molar refractivity (Wildman–Crippen MR) is 62.8 cm³/mol. The summed E-state index contributed by atoms with van der Waals surface area (Å²) in [6.45, 7) is -0.347. The lowest BCUT2D eigenvalue weighted by atomic mass is 10.2. The van der Waals surface area contributed by atoms with E-state index in [1.165, 1.54) is 30.3 Å². The van der Waals surface area contributed by atoms with Crippen LogP contribution in [0.1, 0.15) is 5.56 Å². The van der Waals surface area contributed by atoms with Crippen molar-refractivity contribution >= 4 is 22.1 Å². The van der Waals surface area contributed by atoms with Gasteiger partial charge in [-0.3, -0.25) is 0 Å². The van der Waals surface area contributed by atoms with Gasteiger partial charge in [-0.05, 0) is 23.8 Å². The molecule has 6 nitrogen and oxygen atoms in total. The largest absolute Gasteiger partial charge is 0.545 e. The number of nitrogens with one attached hydrogen (secondary N) is 1. The Labute approximate surface area is 105 Å². The van der Waals surface area contributed by atoms with Gasteiger partial charge < -0.3 is 15.0 Å². The summed E-state index contributed by atoms with van der Waals surface area (Å²) in [5.41, 5.74) is 0.542. The molecule has 1 rings (SSSR count). The molecule has 0 radical (unpaired) electrons. The summed E-state index contributed by atoms with van der Waals surface area (Å²) in [5.74, 6) is -1.32. The van der Waals surface area contributed by atoms with Gasteiger partial charge in [0, 0.05) is 6.54 Å². The molecule has 0 aliphatic heterocycles. The minimum Gasteiger partial charge on any atom is -0.545 e. The van der Waals surface area contributed by atoms with Crippen LogP contribution in [0.3, 0.4) is 0 Å². The molecule has 0 saturated heterocycles. The number of carbonyl (C=O) groups excluding carboxylic acids is 1. The number of benzene rings is 1. The van der Waals surface area contributed by atoms with Crippen LogP contribution in [-0.4, -0.2) is 32.6 Å². The number of carboxylic acids is 1. The van der Waals surface area contributed by atoms with Crippen LogP contribution < -0.4 is 9.83 Å². The third-order valence-electron chi connectivity index (χ3n) is 2.01. The third kappa shape index (κ3) is 4.28. The molecule has 0 atom stereocenters. The van der Waals surface area contributed by atoms with Crippen molar-refractivity contribution < 1.29 is 23.4 Å². The van der Waals surface area contributed by atoms with Crippen molar-refractivity contribution in [2.24, 2.45) is 0 Å². The fraction of sp³-hybridized carbons (Fsp3) is 0.182. The maximum atomic E-state index is 11.6. The molecular weight excluding hydrogens is 258 g/mol. The number of carbonyl (C=O) groups is 1. The number of aliphatic hydroxyl groups excluding tert-OH is 1. The molecule has 0 fully saturated rings. The van der Waals surface area contributed by atoms with Gasteiger partial charge in [-0.15, -0.1) is 0 Å². The molecule has 18 heavy (non-hydrogen) atoms. The SMILES string of the molecule is O=C([O-])/C=C/c1ccc(S(=O)(=O)NCCO)cc1. The zero-order valence-corrected chi connectivity index (χ0v) is 10.2. The van der Waals surface area contributed by atoms with Gasteiger partial charge in [0.05, 0.1) is 17.5 Å². The normalized spacial score (nSPS) is 11.8. The summed E-state index contributed by atoms with van der Waals surface area (Å²) in [6.07, 6.45) is 2.15. The van der Waals surface area contributed by atoms with Crippen LogP contribution in [0, 0.1) is 0 Å². The van der Waals surface area contributed by atoms with Crippen LogP contribution in [0.4, 0.5) is 0 Å². The van der Waals surface area contributed by atoms with E-state index in [1.54, 1.807) is 0 Å². The number of aliphatic hydroxyl groups is 1. The molecule has 0 aliphatic carbocycles. The van der Waals surface area contributed by atoms with Gasteiger partial charge in [0.15, 0.2) is 0 Å². The van der Waals surface area contributed by atoms with Crippen LogP contribution in [0.2, 0.25) is 0 Å². The zero-order valence-electron chi connectivity index (χ0n) is 9.37. The van der Waals surface area contributed by atoms with Crippen molar-refractivity contribution in [3.05, 3.63) is 35.9 Å². The average Bonchev–Trinajstić information content (AvgIpc) is 2.34. The van der Waals surface area contributed by atoms with Crippen LogP contribution in [0.5, 0.6) is 0 Å². The van der Waals surface area contributed by atoms with Crippen molar-refractivity contribution in [2.45, 2.75) is 4.90 Å². The molecule has 1 aromatic rings. The van der Waals surface area contributed by atoms with E-state index >= 15 is 0 Å². The third-order valence-corrected chi connectivity index (χ3v) is 3.48. The molecule has 0 heterocycles. The van der Waals surface area contributed by atoms with Crippen LogP contribution >= 0.6 is 0 Å². The first kappa shape index (κ1) is 14.4. The van der Waals surface area contributed by atoms with E-state index in [1.807, 2.05) is 0 Å². The summed E-state index contributed by atoms with van der Waals surface area (Å²) in [7, 11) is -3.63. The molecule has 1 aromatic carbocycles. The highest BCUT2D eigenvalue weighted by atomic mass is 32.2. The Balaban J connectivity index is 2.86. The molecule has 0 saturated carbocycles. The summed E-state index contributed by atoms with van der Waals surface area (Å²) in [6, 6.07) is 5.61. The van der Waals surface area contributed by atoms with E-state index in [-0.39, 0.29) is 18.0 Å². The topological polar surface area (TPSA) is 107 Å². The first-order valence-electron chi connectivity index (χ1n) is 5.05. The molecule has 0 aliphatic rings. The standard InChI is InChI=1S/C11H13NO5S/c13-8-7-12-18(16,17)10-4-1-9(2-5-10)3-6-11(14)15/h1-6,12-13H,7-8H2,(H,14,15)/p-1/b6-3+. The Kier molecular flexibility index (Phi) is 5.02.